The van der Waals surface area contributed by atoms with E-state index in [1.54, 1.807) is 12.1 Å². The van der Waals surface area contributed by atoms with E-state index in [-0.39, 0.29) is 11.1 Å². The largest absolute Gasteiger partial charge is 0.455 e. The lowest BCUT2D eigenvalue weighted by molar-refractivity contribution is 0.100. The lowest BCUT2D eigenvalue weighted by atomic mass is 9.82. The minimum atomic E-state index is -0.489. The molecule has 1 aliphatic rings. The highest BCUT2D eigenvalue weighted by Crippen LogP contribution is 2.49. The summed E-state index contributed by atoms with van der Waals surface area (Å²) in [5.41, 5.74) is 14.2. The van der Waals surface area contributed by atoms with Crippen molar-refractivity contribution >= 4 is 50.0 Å². The molecule has 0 atom stereocenters. The maximum atomic E-state index is 11.9. The molecule has 0 spiro atoms. The second-order valence-electron chi connectivity index (χ2n) is 11.6. The van der Waals surface area contributed by atoms with Gasteiger partial charge in [-0.25, -0.2) is 4.98 Å². The lowest BCUT2D eigenvalue weighted by Gasteiger charge is -2.29. The molecule has 2 aromatic heterocycles. The van der Waals surface area contributed by atoms with Crippen molar-refractivity contribution in [2.24, 2.45) is 5.73 Å². The molecule has 4 N–H and O–H groups in total. The number of carbonyl (C=O) groups excluding carboxylic acids is 1. The van der Waals surface area contributed by atoms with E-state index >= 15 is 0 Å². The van der Waals surface area contributed by atoms with Gasteiger partial charge < -0.3 is 15.1 Å². The highest BCUT2D eigenvalue weighted by molar-refractivity contribution is 6.12. The van der Waals surface area contributed by atoms with Crippen LogP contribution in [0.4, 0.5) is 0 Å². The van der Waals surface area contributed by atoms with Crippen molar-refractivity contribution in [3.63, 3.8) is 0 Å². The van der Waals surface area contributed by atoms with Crippen molar-refractivity contribution in [1.82, 2.24) is 15.3 Å². The molecule has 0 fully saturated rings. The Kier molecular flexibility index (Phi) is 5.12. The molecule has 0 aliphatic carbocycles. The molecule has 0 bridgehead atoms. The molecule has 40 heavy (non-hydrogen) atoms. The Balaban J connectivity index is 1.40. The zero-order valence-corrected chi connectivity index (χ0v) is 22.9. The van der Waals surface area contributed by atoms with Crippen LogP contribution >= 0.6 is 0 Å². The third kappa shape index (κ3) is 3.60. The van der Waals surface area contributed by atoms with E-state index in [1.165, 1.54) is 11.1 Å². The Morgan fingerprint density at radius 2 is 1.45 bits per heavy atom. The van der Waals surface area contributed by atoms with Crippen LogP contribution in [0.25, 0.3) is 55.5 Å². The number of aromatic amines is 1. The molecular formula is C34H30N4O2. The van der Waals surface area contributed by atoms with Crippen LogP contribution in [0.15, 0.2) is 89.3 Å². The van der Waals surface area contributed by atoms with Crippen molar-refractivity contribution in [3.8, 4) is 11.4 Å². The van der Waals surface area contributed by atoms with Gasteiger partial charge in [-0.2, -0.15) is 0 Å². The van der Waals surface area contributed by atoms with Crippen LogP contribution in [-0.4, -0.2) is 27.0 Å². The van der Waals surface area contributed by atoms with E-state index in [0.717, 1.165) is 44.1 Å². The summed E-state index contributed by atoms with van der Waals surface area (Å²) in [6.07, 6.45) is 0. The molecular weight excluding hydrogens is 496 g/mol. The van der Waals surface area contributed by atoms with Gasteiger partial charge in [-0.15, -0.1) is 0 Å². The Labute approximate surface area is 231 Å². The van der Waals surface area contributed by atoms with Crippen molar-refractivity contribution in [1.29, 1.82) is 0 Å². The number of aromatic nitrogens is 2. The first-order chi connectivity index (χ1) is 19.1. The number of benzene rings is 4. The van der Waals surface area contributed by atoms with Crippen molar-refractivity contribution < 1.29 is 9.21 Å². The van der Waals surface area contributed by atoms with E-state index in [4.69, 9.17) is 15.1 Å². The minimum absolute atomic E-state index is 0.287. The average Bonchev–Trinajstić information content (AvgIpc) is 3.57. The molecule has 0 radical (unpaired) electrons. The van der Waals surface area contributed by atoms with Crippen molar-refractivity contribution in [3.05, 3.63) is 102 Å². The summed E-state index contributed by atoms with van der Waals surface area (Å²) in [4.78, 5) is 19.9. The molecule has 6 aromatic rings. The fraction of sp³-hybridized carbons (Fsp3) is 0.176. The third-order valence-corrected chi connectivity index (χ3v) is 8.02. The number of furan rings is 1. The smallest absolute Gasteiger partial charge is 0.250 e. The van der Waals surface area contributed by atoms with Crippen LogP contribution in [0.1, 0.15) is 49.2 Å². The summed E-state index contributed by atoms with van der Waals surface area (Å²) in [6.45, 7) is 8.93. The number of primary amides is 1. The van der Waals surface area contributed by atoms with Crippen molar-refractivity contribution in [2.45, 2.75) is 38.8 Å². The summed E-state index contributed by atoms with van der Waals surface area (Å²) in [6, 6.07) is 28.5. The number of hydrogen-bond acceptors (Lipinski definition) is 4. The van der Waals surface area contributed by atoms with Gasteiger partial charge in [0.25, 0.3) is 5.91 Å². The van der Waals surface area contributed by atoms with Crippen LogP contribution in [-0.2, 0) is 0 Å². The third-order valence-electron chi connectivity index (χ3n) is 8.02. The van der Waals surface area contributed by atoms with Crippen LogP contribution in [0.3, 0.4) is 0 Å². The van der Waals surface area contributed by atoms with E-state index in [9.17, 15) is 4.79 Å². The maximum Gasteiger partial charge on any atom is 0.250 e. The van der Waals surface area contributed by atoms with Crippen LogP contribution in [0.2, 0.25) is 0 Å². The highest BCUT2D eigenvalue weighted by atomic mass is 16.3. The number of H-pyrrole nitrogens is 1. The molecule has 0 saturated carbocycles. The number of fused-ring (bicyclic) bond motifs is 4. The van der Waals surface area contributed by atoms with Crippen molar-refractivity contribution in [2.75, 3.05) is 0 Å². The van der Waals surface area contributed by atoms with Gasteiger partial charge in [-0.1, -0.05) is 66.7 Å². The Morgan fingerprint density at radius 3 is 2.23 bits per heavy atom. The maximum absolute atomic E-state index is 11.9. The van der Waals surface area contributed by atoms with E-state index in [0.29, 0.717) is 16.9 Å². The summed E-state index contributed by atoms with van der Waals surface area (Å²) >= 11 is 0. The molecule has 1 amide bonds. The molecule has 4 aromatic carbocycles. The fourth-order valence-electron chi connectivity index (χ4n) is 6.61. The Hall–Kier alpha value is -4.68. The zero-order chi connectivity index (χ0) is 27.8. The summed E-state index contributed by atoms with van der Waals surface area (Å²) in [5, 5.41) is 6.11. The van der Waals surface area contributed by atoms with Gasteiger partial charge in [-0.3, -0.25) is 10.1 Å². The normalized spacial score (nSPS) is 16.4. The van der Waals surface area contributed by atoms with E-state index < -0.39 is 5.91 Å². The number of nitrogens with two attached hydrogens (primary N) is 1. The predicted molar refractivity (Wildman–Crippen MR) is 162 cm³/mol. The monoisotopic (exact) mass is 526 g/mol. The molecule has 198 valence electrons. The molecule has 3 heterocycles. The van der Waals surface area contributed by atoms with Gasteiger partial charge in [0, 0.05) is 33.0 Å². The predicted octanol–water partition coefficient (Wildman–Crippen LogP) is 7.30. The molecule has 0 saturated heterocycles. The minimum Gasteiger partial charge on any atom is -0.455 e. The second-order valence-corrected chi connectivity index (χ2v) is 11.6. The van der Waals surface area contributed by atoms with Gasteiger partial charge in [-0.05, 0) is 62.6 Å². The topological polar surface area (TPSA) is 96.9 Å². The molecule has 6 nitrogen and oxygen atoms in total. The van der Waals surface area contributed by atoms with Gasteiger partial charge in [0.15, 0.2) is 0 Å². The van der Waals surface area contributed by atoms with Crippen LogP contribution in [0.5, 0.6) is 0 Å². The summed E-state index contributed by atoms with van der Waals surface area (Å²) in [7, 11) is 0. The van der Waals surface area contributed by atoms with Gasteiger partial charge in [0.2, 0.25) is 0 Å². The number of nitrogens with one attached hydrogen (secondary N) is 2. The average molecular weight is 527 g/mol. The number of amides is 1. The highest BCUT2D eigenvalue weighted by Gasteiger charge is 2.45. The van der Waals surface area contributed by atoms with E-state index in [2.05, 4.69) is 92.6 Å². The summed E-state index contributed by atoms with van der Waals surface area (Å²) < 4.78 is 6.47. The number of carbonyl (C=O) groups is 1. The van der Waals surface area contributed by atoms with Gasteiger partial charge in [0.05, 0.1) is 11.1 Å². The Bertz CT molecular complexity index is 2010. The van der Waals surface area contributed by atoms with Gasteiger partial charge in [0.1, 0.15) is 22.5 Å². The molecule has 7 rings (SSSR count). The molecule has 0 unspecified atom stereocenters. The first-order valence-corrected chi connectivity index (χ1v) is 13.5. The van der Waals surface area contributed by atoms with Crippen LogP contribution in [0, 0.1) is 0 Å². The number of rotatable bonds is 4. The number of nitrogens with zero attached hydrogens (tertiary/aromatic N) is 1. The first kappa shape index (κ1) is 24.4. The summed E-state index contributed by atoms with van der Waals surface area (Å²) in [5.74, 6) is 0.206. The number of hydrogen-bond donors (Lipinski definition) is 3. The van der Waals surface area contributed by atoms with Crippen LogP contribution < -0.4 is 11.1 Å². The van der Waals surface area contributed by atoms with E-state index in [1.807, 2.05) is 18.2 Å². The Morgan fingerprint density at radius 1 is 0.775 bits per heavy atom. The molecule has 1 aliphatic heterocycles. The zero-order valence-electron chi connectivity index (χ0n) is 22.9. The standard InChI is InChI=1S/C34H30N4O2/c1-33(2)27(19-15-17-20(18-16-19)32-36-25-13-8-12-24(31(35)39)29(25)37-32)28(34(3,4)38-33)23-11-7-10-22-21-9-5-6-14-26(21)40-30(22)23/h5-18,38H,1-4H3,(H2,35,39)(H,36,37). The number of imidazole rings is 1. The van der Waals surface area contributed by atoms with Gasteiger partial charge >= 0.3 is 0 Å². The SMILES string of the molecule is CC1(C)NC(C)(C)C(c2cccc3c2oc2ccccc23)=C1c1ccc(-c2nc3c(C(N)=O)cccc3[nH]2)cc1. The first-order valence-electron chi connectivity index (χ1n) is 13.5. The second kappa shape index (κ2) is 8.41. The fourth-order valence-corrected chi connectivity index (χ4v) is 6.61. The lowest BCUT2D eigenvalue weighted by Crippen LogP contribution is -2.46. The quantitative estimate of drug-likeness (QED) is 0.225. The molecule has 6 heteroatoms. The number of para-hydroxylation sites is 3.